The molecule has 1 heterocycles. The Morgan fingerprint density at radius 1 is 1.40 bits per heavy atom. The number of thiophene rings is 1. The largest absolute Gasteiger partial charge is 0.399 e. The van der Waals surface area contributed by atoms with Crippen molar-refractivity contribution in [2.75, 3.05) is 5.73 Å². The average Bonchev–Trinajstić information content (AvgIpc) is 2.82. The Kier molecular flexibility index (Phi) is 4.83. The molecule has 0 saturated heterocycles. The van der Waals surface area contributed by atoms with Crippen LogP contribution in [0.2, 0.25) is 0 Å². The van der Waals surface area contributed by atoms with E-state index in [9.17, 15) is 4.79 Å². The Bertz CT molecular complexity index is 609. The maximum absolute atomic E-state index is 12.6. The number of carbonyl (C=O) groups excluding carboxylic acids is 1. The quantitative estimate of drug-likeness (QED) is 0.840. The molecule has 2 rings (SSSR count). The van der Waals surface area contributed by atoms with E-state index in [-0.39, 0.29) is 11.9 Å². The zero-order valence-corrected chi connectivity index (χ0v) is 13.9. The predicted octanol–water partition coefficient (Wildman–Crippen LogP) is 4.14. The average molecular weight is 353 g/mol. The highest BCUT2D eigenvalue weighted by Gasteiger charge is 2.20. The van der Waals surface area contributed by atoms with E-state index in [4.69, 9.17) is 5.73 Å². The summed E-state index contributed by atoms with van der Waals surface area (Å²) < 4.78 is 0.966. The molecule has 2 N–H and O–H groups in total. The number of benzene rings is 1. The summed E-state index contributed by atoms with van der Waals surface area (Å²) in [6.45, 7) is 4.60. The third kappa shape index (κ3) is 3.61. The molecule has 0 aliphatic carbocycles. The molecule has 1 amide bonds. The van der Waals surface area contributed by atoms with Gasteiger partial charge in [0.15, 0.2) is 0 Å². The van der Waals surface area contributed by atoms with E-state index < -0.39 is 0 Å². The van der Waals surface area contributed by atoms with Crippen LogP contribution in [-0.4, -0.2) is 16.8 Å². The summed E-state index contributed by atoms with van der Waals surface area (Å²) in [6, 6.07) is 9.65. The van der Waals surface area contributed by atoms with Crippen molar-refractivity contribution in [3.63, 3.8) is 0 Å². The van der Waals surface area contributed by atoms with Crippen molar-refractivity contribution in [3.05, 3.63) is 50.6 Å². The second-order valence-electron chi connectivity index (χ2n) is 4.91. The summed E-state index contributed by atoms with van der Waals surface area (Å²) in [5.41, 5.74) is 8.28. The summed E-state index contributed by atoms with van der Waals surface area (Å²) in [5, 5.41) is 1.88. The molecular weight excluding hydrogens is 336 g/mol. The van der Waals surface area contributed by atoms with Crippen molar-refractivity contribution in [3.8, 4) is 0 Å². The van der Waals surface area contributed by atoms with Gasteiger partial charge in [-0.15, -0.1) is 11.3 Å². The van der Waals surface area contributed by atoms with Crippen LogP contribution in [0.15, 0.2) is 39.5 Å². The standard InChI is InChI=1S/C15H17BrN2OS/c1-10(2)18(8-11-4-3-5-13(17)6-11)15(19)12-7-14(16)20-9-12/h3-7,9-10H,8,17H2,1-2H3. The first-order chi connectivity index (χ1) is 9.47. The van der Waals surface area contributed by atoms with Gasteiger partial charge in [-0.3, -0.25) is 4.79 Å². The van der Waals surface area contributed by atoms with Crippen LogP contribution in [0.25, 0.3) is 0 Å². The van der Waals surface area contributed by atoms with Gasteiger partial charge in [0, 0.05) is 23.7 Å². The van der Waals surface area contributed by atoms with Crippen LogP contribution in [0.3, 0.4) is 0 Å². The molecule has 3 nitrogen and oxygen atoms in total. The smallest absolute Gasteiger partial charge is 0.255 e. The number of rotatable bonds is 4. The van der Waals surface area contributed by atoms with E-state index in [2.05, 4.69) is 15.9 Å². The maximum Gasteiger partial charge on any atom is 0.255 e. The van der Waals surface area contributed by atoms with E-state index in [1.165, 1.54) is 11.3 Å². The molecule has 0 aliphatic heterocycles. The summed E-state index contributed by atoms with van der Waals surface area (Å²) in [4.78, 5) is 14.4. The van der Waals surface area contributed by atoms with Gasteiger partial charge in [0.2, 0.25) is 0 Å². The zero-order valence-electron chi connectivity index (χ0n) is 11.5. The van der Waals surface area contributed by atoms with Crippen LogP contribution in [0.1, 0.15) is 29.8 Å². The fourth-order valence-corrected chi connectivity index (χ4v) is 3.10. The van der Waals surface area contributed by atoms with Crippen molar-refractivity contribution in [2.45, 2.75) is 26.4 Å². The van der Waals surface area contributed by atoms with Crippen molar-refractivity contribution in [1.29, 1.82) is 0 Å². The molecule has 1 aromatic heterocycles. The lowest BCUT2D eigenvalue weighted by Crippen LogP contribution is -2.36. The van der Waals surface area contributed by atoms with Gasteiger partial charge in [-0.05, 0) is 53.5 Å². The zero-order chi connectivity index (χ0) is 14.7. The molecular formula is C15H17BrN2OS. The van der Waals surface area contributed by atoms with E-state index in [0.29, 0.717) is 6.54 Å². The molecule has 0 bridgehead atoms. The van der Waals surface area contributed by atoms with Gasteiger partial charge in [-0.1, -0.05) is 12.1 Å². The Morgan fingerprint density at radius 3 is 2.70 bits per heavy atom. The van der Waals surface area contributed by atoms with E-state index >= 15 is 0 Å². The molecule has 0 radical (unpaired) electrons. The van der Waals surface area contributed by atoms with Gasteiger partial charge in [0.25, 0.3) is 5.91 Å². The Morgan fingerprint density at radius 2 is 2.15 bits per heavy atom. The number of nitrogen functional groups attached to an aromatic ring is 1. The van der Waals surface area contributed by atoms with E-state index in [0.717, 1.165) is 20.6 Å². The Hall–Kier alpha value is -1.33. The summed E-state index contributed by atoms with van der Waals surface area (Å²) in [6.07, 6.45) is 0. The monoisotopic (exact) mass is 352 g/mol. The topological polar surface area (TPSA) is 46.3 Å². The number of hydrogen-bond donors (Lipinski definition) is 1. The van der Waals surface area contributed by atoms with Gasteiger partial charge >= 0.3 is 0 Å². The van der Waals surface area contributed by atoms with Crippen molar-refractivity contribution in [2.24, 2.45) is 0 Å². The van der Waals surface area contributed by atoms with Gasteiger partial charge in [-0.25, -0.2) is 0 Å². The second-order valence-corrected chi connectivity index (χ2v) is 7.20. The van der Waals surface area contributed by atoms with Crippen LogP contribution >= 0.6 is 27.3 Å². The van der Waals surface area contributed by atoms with E-state index in [1.54, 1.807) is 0 Å². The molecule has 5 heteroatoms. The lowest BCUT2D eigenvalue weighted by molar-refractivity contribution is 0.0691. The van der Waals surface area contributed by atoms with Crippen LogP contribution in [-0.2, 0) is 6.54 Å². The van der Waals surface area contributed by atoms with Gasteiger partial charge in [-0.2, -0.15) is 0 Å². The van der Waals surface area contributed by atoms with Gasteiger partial charge in [0.05, 0.1) is 9.35 Å². The number of hydrogen-bond acceptors (Lipinski definition) is 3. The number of amides is 1. The minimum absolute atomic E-state index is 0.0457. The summed E-state index contributed by atoms with van der Waals surface area (Å²) in [5.74, 6) is 0.0457. The molecule has 0 spiro atoms. The lowest BCUT2D eigenvalue weighted by atomic mass is 10.1. The van der Waals surface area contributed by atoms with Crippen LogP contribution in [0.4, 0.5) is 5.69 Å². The molecule has 2 aromatic rings. The first-order valence-electron chi connectivity index (χ1n) is 6.37. The van der Waals surface area contributed by atoms with Crippen LogP contribution in [0.5, 0.6) is 0 Å². The summed E-state index contributed by atoms with van der Waals surface area (Å²) >= 11 is 4.91. The third-order valence-corrected chi connectivity index (χ3v) is 4.51. The number of anilines is 1. The second kappa shape index (κ2) is 6.41. The minimum Gasteiger partial charge on any atom is -0.399 e. The number of halogens is 1. The van der Waals surface area contributed by atoms with Crippen molar-refractivity contribution in [1.82, 2.24) is 4.90 Å². The Balaban J connectivity index is 2.21. The van der Waals surface area contributed by atoms with Gasteiger partial charge in [0.1, 0.15) is 0 Å². The molecule has 1 aromatic carbocycles. The van der Waals surface area contributed by atoms with Crippen LogP contribution < -0.4 is 5.73 Å². The first-order valence-corrected chi connectivity index (χ1v) is 8.04. The predicted molar refractivity (Wildman–Crippen MR) is 87.9 cm³/mol. The molecule has 20 heavy (non-hydrogen) atoms. The van der Waals surface area contributed by atoms with Crippen molar-refractivity contribution < 1.29 is 4.79 Å². The number of nitrogens with zero attached hydrogens (tertiary/aromatic N) is 1. The highest BCUT2D eigenvalue weighted by molar-refractivity contribution is 9.11. The highest BCUT2D eigenvalue weighted by Crippen LogP contribution is 2.23. The molecule has 0 atom stereocenters. The molecule has 0 saturated carbocycles. The Labute approximate surface area is 131 Å². The lowest BCUT2D eigenvalue weighted by Gasteiger charge is -2.26. The molecule has 0 fully saturated rings. The molecule has 0 aliphatic rings. The highest BCUT2D eigenvalue weighted by atomic mass is 79.9. The van der Waals surface area contributed by atoms with E-state index in [1.807, 2.05) is 54.5 Å². The molecule has 0 unspecified atom stereocenters. The fourth-order valence-electron chi connectivity index (χ4n) is 1.97. The third-order valence-electron chi connectivity index (χ3n) is 3.00. The number of carbonyl (C=O) groups is 1. The molecule has 106 valence electrons. The minimum atomic E-state index is 0.0457. The summed E-state index contributed by atoms with van der Waals surface area (Å²) in [7, 11) is 0. The first kappa shape index (κ1) is 15.1. The fraction of sp³-hybridized carbons (Fsp3) is 0.267. The number of nitrogens with two attached hydrogens (primary N) is 1. The van der Waals surface area contributed by atoms with Crippen molar-refractivity contribution >= 4 is 38.9 Å². The van der Waals surface area contributed by atoms with Crippen LogP contribution in [0, 0.1) is 0 Å². The SMILES string of the molecule is CC(C)N(Cc1cccc(N)c1)C(=O)c1csc(Br)c1. The normalized spacial score (nSPS) is 10.8. The van der Waals surface area contributed by atoms with Gasteiger partial charge < -0.3 is 10.6 Å². The maximum atomic E-state index is 12.6.